The molecule has 0 atom stereocenters. The zero-order valence-electron chi connectivity index (χ0n) is 9.28. The zero-order chi connectivity index (χ0) is 12.7. The fraction of sp³-hybridized carbons (Fsp3) is 0.250. The van der Waals surface area contributed by atoms with E-state index in [-0.39, 0.29) is 5.91 Å². The minimum atomic E-state index is 0.128. The summed E-state index contributed by atoms with van der Waals surface area (Å²) in [5.41, 5.74) is 1.30. The van der Waals surface area contributed by atoms with Gasteiger partial charge in [0.1, 0.15) is 0 Å². The normalized spacial score (nSPS) is 14.7. The van der Waals surface area contributed by atoms with E-state index < -0.39 is 0 Å². The van der Waals surface area contributed by atoms with Crippen molar-refractivity contribution in [1.29, 1.82) is 0 Å². The first kappa shape index (κ1) is 12.8. The number of rotatable bonds is 1. The summed E-state index contributed by atoms with van der Waals surface area (Å²) in [5, 5.41) is 2.11. The maximum atomic E-state index is 12.4. The minimum Gasteiger partial charge on any atom is -0.333 e. The van der Waals surface area contributed by atoms with Crippen molar-refractivity contribution < 1.29 is 4.79 Å². The van der Waals surface area contributed by atoms with Gasteiger partial charge in [0.15, 0.2) is 0 Å². The molecule has 2 nitrogen and oxygen atoms in total. The van der Waals surface area contributed by atoms with Crippen LogP contribution in [0.4, 0.5) is 0 Å². The van der Waals surface area contributed by atoms with E-state index in [4.69, 9.17) is 0 Å². The van der Waals surface area contributed by atoms with Crippen LogP contribution < -0.4 is 0 Å². The maximum Gasteiger partial charge on any atom is 0.264 e. The smallest absolute Gasteiger partial charge is 0.264 e. The van der Waals surface area contributed by atoms with E-state index in [0.717, 1.165) is 32.6 Å². The summed E-state index contributed by atoms with van der Waals surface area (Å²) < 4.78 is 1.92. The molecule has 0 aliphatic carbocycles. The molecule has 1 amide bonds. The number of thiophene rings is 2. The number of carbonyl (C=O) groups is 1. The highest BCUT2D eigenvalue weighted by Gasteiger charge is 2.24. The van der Waals surface area contributed by atoms with Crippen LogP contribution in [-0.4, -0.2) is 17.4 Å². The fourth-order valence-electron chi connectivity index (χ4n) is 2.03. The second kappa shape index (κ2) is 5.07. The molecule has 0 spiro atoms. The van der Waals surface area contributed by atoms with Crippen LogP contribution in [0.1, 0.15) is 20.1 Å². The molecule has 0 radical (unpaired) electrons. The largest absolute Gasteiger partial charge is 0.333 e. The van der Waals surface area contributed by atoms with Gasteiger partial charge in [-0.25, -0.2) is 0 Å². The Labute approximate surface area is 130 Å². The second-order valence-electron chi connectivity index (χ2n) is 4.08. The lowest BCUT2D eigenvalue weighted by Crippen LogP contribution is -2.34. The van der Waals surface area contributed by atoms with E-state index >= 15 is 0 Å². The van der Waals surface area contributed by atoms with Gasteiger partial charge in [0, 0.05) is 22.4 Å². The van der Waals surface area contributed by atoms with Crippen LogP contribution in [0.25, 0.3) is 0 Å². The lowest BCUT2D eigenvalue weighted by Gasteiger charge is -2.26. The van der Waals surface area contributed by atoms with Crippen LogP contribution in [0.5, 0.6) is 0 Å². The number of carbonyl (C=O) groups excluding carboxylic acids is 1. The molecule has 3 rings (SSSR count). The highest BCUT2D eigenvalue weighted by molar-refractivity contribution is 9.13. The first-order chi connectivity index (χ1) is 8.65. The molecule has 1 aliphatic heterocycles. The van der Waals surface area contributed by atoms with E-state index in [2.05, 4.69) is 43.3 Å². The van der Waals surface area contributed by atoms with Crippen LogP contribution in [0.15, 0.2) is 25.8 Å². The van der Waals surface area contributed by atoms with Gasteiger partial charge in [-0.3, -0.25) is 4.79 Å². The summed E-state index contributed by atoms with van der Waals surface area (Å²) in [4.78, 5) is 16.5. The predicted molar refractivity (Wildman–Crippen MR) is 82.5 cm³/mol. The second-order valence-corrected chi connectivity index (χ2v) is 8.30. The Morgan fingerprint density at radius 2 is 2.22 bits per heavy atom. The summed E-state index contributed by atoms with van der Waals surface area (Å²) in [7, 11) is 0. The molecule has 0 saturated heterocycles. The van der Waals surface area contributed by atoms with Gasteiger partial charge in [-0.15, -0.1) is 22.7 Å². The van der Waals surface area contributed by atoms with Gasteiger partial charge in [-0.05, 0) is 61.4 Å². The SMILES string of the molecule is O=C(c1cc(Br)c(Br)s1)N1CCc2sccc2C1. The van der Waals surface area contributed by atoms with E-state index in [1.165, 1.54) is 21.8 Å². The summed E-state index contributed by atoms with van der Waals surface area (Å²) in [6.07, 6.45) is 0.979. The van der Waals surface area contributed by atoms with Gasteiger partial charge in [-0.1, -0.05) is 0 Å². The predicted octanol–water partition coefficient (Wildman–Crippen LogP) is 4.53. The zero-order valence-corrected chi connectivity index (χ0v) is 14.1. The fourth-order valence-corrected chi connectivity index (χ4v) is 4.92. The first-order valence-corrected chi connectivity index (χ1v) is 8.72. The van der Waals surface area contributed by atoms with Gasteiger partial charge >= 0.3 is 0 Å². The van der Waals surface area contributed by atoms with Crippen LogP contribution in [0, 0.1) is 0 Å². The molecule has 0 unspecified atom stereocenters. The molecule has 1 aliphatic rings. The Balaban J connectivity index is 1.82. The average molecular weight is 407 g/mol. The molecule has 0 N–H and O–H groups in total. The van der Waals surface area contributed by atoms with E-state index in [1.807, 2.05) is 11.0 Å². The van der Waals surface area contributed by atoms with Gasteiger partial charge in [0.25, 0.3) is 5.91 Å². The Kier molecular flexibility index (Phi) is 3.62. The monoisotopic (exact) mass is 405 g/mol. The molecule has 2 aromatic heterocycles. The lowest BCUT2D eigenvalue weighted by molar-refractivity contribution is 0.0741. The lowest BCUT2D eigenvalue weighted by atomic mass is 10.1. The van der Waals surface area contributed by atoms with Gasteiger partial charge in [0.2, 0.25) is 0 Å². The molecule has 94 valence electrons. The third kappa shape index (κ3) is 2.31. The summed E-state index contributed by atoms with van der Waals surface area (Å²) >= 11 is 10.1. The van der Waals surface area contributed by atoms with Crippen molar-refractivity contribution >= 4 is 60.4 Å². The highest BCUT2D eigenvalue weighted by Crippen LogP contribution is 2.34. The van der Waals surface area contributed by atoms with Gasteiger partial charge in [0.05, 0.1) is 8.66 Å². The van der Waals surface area contributed by atoms with E-state index in [9.17, 15) is 4.79 Å². The average Bonchev–Trinajstić information content (AvgIpc) is 2.95. The highest BCUT2D eigenvalue weighted by atomic mass is 79.9. The third-order valence-electron chi connectivity index (χ3n) is 2.95. The number of amides is 1. The Morgan fingerprint density at radius 3 is 2.94 bits per heavy atom. The van der Waals surface area contributed by atoms with Crippen LogP contribution in [-0.2, 0) is 13.0 Å². The van der Waals surface area contributed by atoms with Crippen molar-refractivity contribution in [2.24, 2.45) is 0 Å². The molecule has 0 fully saturated rings. The van der Waals surface area contributed by atoms with E-state index in [0.29, 0.717) is 0 Å². The summed E-state index contributed by atoms with van der Waals surface area (Å²) in [6.45, 7) is 1.56. The van der Waals surface area contributed by atoms with Crippen molar-refractivity contribution in [2.45, 2.75) is 13.0 Å². The van der Waals surface area contributed by atoms with Crippen LogP contribution in [0.2, 0.25) is 0 Å². The Morgan fingerprint density at radius 1 is 1.39 bits per heavy atom. The third-order valence-corrected chi connectivity index (χ3v) is 7.22. The van der Waals surface area contributed by atoms with Crippen LogP contribution >= 0.6 is 54.5 Å². The number of fused-ring (bicyclic) bond motifs is 1. The topological polar surface area (TPSA) is 20.3 Å². The number of halogens is 2. The molecule has 0 saturated carbocycles. The van der Waals surface area contributed by atoms with Crippen molar-refractivity contribution in [3.8, 4) is 0 Å². The molecule has 2 aromatic rings. The Hall–Kier alpha value is -0.170. The first-order valence-electron chi connectivity index (χ1n) is 5.44. The molecule has 18 heavy (non-hydrogen) atoms. The van der Waals surface area contributed by atoms with Crippen molar-refractivity contribution in [2.75, 3.05) is 6.54 Å². The van der Waals surface area contributed by atoms with Crippen molar-refractivity contribution in [3.05, 3.63) is 41.1 Å². The van der Waals surface area contributed by atoms with Gasteiger partial charge in [-0.2, -0.15) is 0 Å². The number of hydrogen-bond acceptors (Lipinski definition) is 3. The molecular weight excluding hydrogens is 398 g/mol. The maximum absolute atomic E-state index is 12.4. The molecule has 6 heteroatoms. The molecule has 0 bridgehead atoms. The summed E-state index contributed by atoms with van der Waals surface area (Å²) in [6, 6.07) is 4.01. The van der Waals surface area contributed by atoms with Gasteiger partial charge < -0.3 is 4.90 Å². The summed E-state index contributed by atoms with van der Waals surface area (Å²) in [5.74, 6) is 0.128. The molecular formula is C12H9Br2NOS2. The van der Waals surface area contributed by atoms with E-state index in [1.54, 1.807) is 11.3 Å². The molecule has 3 heterocycles. The number of nitrogens with zero attached hydrogens (tertiary/aromatic N) is 1. The van der Waals surface area contributed by atoms with Crippen molar-refractivity contribution in [3.63, 3.8) is 0 Å². The standard InChI is InChI=1S/C12H9Br2NOS2/c13-8-5-10(18-11(8)14)12(16)15-3-1-9-7(6-15)2-4-17-9/h2,4-5H,1,3,6H2. The minimum absolute atomic E-state index is 0.128. The molecule has 0 aromatic carbocycles. The Bertz CT molecular complexity index is 585. The number of hydrogen-bond donors (Lipinski definition) is 0. The van der Waals surface area contributed by atoms with Crippen LogP contribution in [0.3, 0.4) is 0 Å². The van der Waals surface area contributed by atoms with Crippen molar-refractivity contribution in [1.82, 2.24) is 4.90 Å². The quantitative estimate of drug-likeness (QED) is 0.681.